The number of hydrogen-bond acceptors (Lipinski definition) is 3. The maximum Gasteiger partial charge on any atom is 0.265 e. The maximum atomic E-state index is 13.4. The van der Waals surface area contributed by atoms with Crippen molar-refractivity contribution in [2.75, 3.05) is 11.8 Å². The van der Waals surface area contributed by atoms with Crippen molar-refractivity contribution < 1.29 is 17.5 Å². The first-order valence-electron chi connectivity index (χ1n) is 5.86. The molecule has 0 unspecified atom stereocenters. The Bertz CT molecular complexity index is 729. The predicted molar refractivity (Wildman–Crippen MR) is 74.9 cm³/mol. The van der Waals surface area contributed by atoms with Gasteiger partial charge in [-0.05, 0) is 36.8 Å². The highest BCUT2D eigenvalue weighted by Gasteiger charge is 2.19. The quantitative estimate of drug-likeness (QED) is 0.943. The minimum Gasteiger partial charge on any atom is -0.495 e. The molecule has 2 aromatic rings. The van der Waals surface area contributed by atoms with E-state index in [1.165, 1.54) is 25.3 Å². The summed E-state index contributed by atoms with van der Waals surface area (Å²) in [6.45, 7) is 1.60. The number of para-hydroxylation sites is 1. The molecule has 0 radical (unpaired) electrons. The molecule has 2 aromatic carbocycles. The normalized spacial score (nSPS) is 11.2. The van der Waals surface area contributed by atoms with Crippen molar-refractivity contribution in [3.63, 3.8) is 0 Å². The molecule has 20 heavy (non-hydrogen) atoms. The zero-order valence-electron chi connectivity index (χ0n) is 11.1. The zero-order valence-corrected chi connectivity index (χ0v) is 11.9. The van der Waals surface area contributed by atoms with Gasteiger partial charge in [-0.15, -0.1) is 0 Å². The summed E-state index contributed by atoms with van der Waals surface area (Å²) in [4.78, 5) is 0.00323. The van der Waals surface area contributed by atoms with Crippen LogP contribution in [-0.4, -0.2) is 15.5 Å². The molecule has 6 heteroatoms. The highest BCUT2D eigenvalue weighted by Crippen LogP contribution is 2.25. The molecule has 0 atom stereocenters. The Hall–Kier alpha value is -2.08. The monoisotopic (exact) mass is 295 g/mol. The Morgan fingerprint density at radius 1 is 1.15 bits per heavy atom. The molecule has 0 aliphatic rings. The molecule has 2 rings (SSSR count). The first-order chi connectivity index (χ1) is 9.44. The van der Waals surface area contributed by atoms with Crippen LogP contribution in [0.2, 0.25) is 0 Å². The van der Waals surface area contributed by atoms with Gasteiger partial charge in [0.2, 0.25) is 0 Å². The van der Waals surface area contributed by atoms with E-state index in [2.05, 4.69) is 4.72 Å². The number of benzene rings is 2. The molecule has 0 fully saturated rings. The van der Waals surface area contributed by atoms with Gasteiger partial charge in [0.25, 0.3) is 10.0 Å². The summed E-state index contributed by atoms with van der Waals surface area (Å²) < 4.78 is 45.3. The average Bonchev–Trinajstić information content (AvgIpc) is 2.42. The van der Waals surface area contributed by atoms with Gasteiger partial charge in [0.1, 0.15) is 16.5 Å². The number of anilines is 1. The van der Waals surface area contributed by atoms with E-state index in [1.807, 2.05) is 0 Å². The van der Waals surface area contributed by atoms with Crippen molar-refractivity contribution in [1.82, 2.24) is 0 Å². The Kier molecular flexibility index (Phi) is 3.94. The van der Waals surface area contributed by atoms with Crippen LogP contribution in [0.1, 0.15) is 5.56 Å². The third-order valence-electron chi connectivity index (χ3n) is 2.78. The summed E-state index contributed by atoms with van der Waals surface area (Å²) >= 11 is 0. The van der Waals surface area contributed by atoms with Crippen LogP contribution < -0.4 is 9.46 Å². The first kappa shape index (κ1) is 14.3. The topological polar surface area (TPSA) is 55.4 Å². The molecule has 0 saturated carbocycles. The predicted octanol–water partition coefficient (Wildman–Crippen LogP) is 2.94. The summed E-state index contributed by atoms with van der Waals surface area (Å²) in [5.41, 5.74) is 0.615. The average molecular weight is 295 g/mol. The van der Waals surface area contributed by atoms with Gasteiger partial charge in [-0.1, -0.05) is 18.2 Å². The highest BCUT2D eigenvalue weighted by atomic mass is 32.2. The van der Waals surface area contributed by atoms with Crippen LogP contribution in [0.3, 0.4) is 0 Å². The van der Waals surface area contributed by atoms with Gasteiger partial charge in [0.15, 0.2) is 0 Å². The molecule has 0 aliphatic heterocycles. The molecular weight excluding hydrogens is 281 g/mol. The number of halogens is 1. The lowest BCUT2D eigenvalue weighted by atomic mass is 10.2. The summed E-state index contributed by atoms with van der Waals surface area (Å²) in [6, 6.07) is 10.4. The number of methoxy groups -OCH3 is 1. The van der Waals surface area contributed by atoms with Crippen LogP contribution in [0.5, 0.6) is 5.75 Å². The van der Waals surface area contributed by atoms with E-state index in [-0.39, 0.29) is 16.3 Å². The van der Waals surface area contributed by atoms with E-state index in [4.69, 9.17) is 4.74 Å². The molecule has 0 spiro atoms. The molecule has 106 valence electrons. The van der Waals surface area contributed by atoms with Gasteiger partial charge in [0, 0.05) is 0 Å². The van der Waals surface area contributed by atoms with E-state index in [9.17, 15) is 12.8 Å². The van der Waals surface area contributed by atoms with Crippen LogP contribution in [0.15, 0.2) is 47.4 Å². The fraction of sp³-hybridized carbons (Fsp3) is 0.143. The maximum absolute atomic E-state index is 13.4. The van der Waals surface area contributed by atoms with Crippen LogP contribution >= 0.6 is 0 Å². The SMILES string of the molecule is COc1ccccc1S(=O)(=O)Nc1ccc(C)c(F)c1. The van der Waals surface area contributed by atoms with Gasteiger partial charge in [-0.3, -0.25) is 4.72 Å². The second-order valence-electron chi connectivity index (χ2n) is 4.22. The molecule has 0 bridgehead atoms. The number of ether oxygens (including phenoxy) is 1. The van der Waals surface area contributed by atoms with E-state index in [0.717, 1.165) is 6.07 Å². The van der Waals surface area contributed by atoms with E-state index < -0.39 is 15.8 Å². The van der Waals surface area contributed by atoms with Crippen molar-refractivity contribution in [2.24, 2.45) is 0 Å². The summed E-state index contributed by atoms with van der Waals surface area (Å²) in [5.74, 6) is -0.238. The van der Waals surface area contributed by atoms with Gasteiger partial charge in [-0.2, -0.15) is 0 Å². The minimum atomic E-state index is -3.83. The Balaban J connectivity index is 2.38. The van der Waals surface area contributed by atoms with Crippen LogP contribution in [-0.2, 0) is 10.0 Å². The van der Waals surface area contributed by atoms with Gasteiger partial charge in [0.05, 0.1) is 12.8 Å². The van der Waals surface area contributed by atoms with Crippen LogP contribution in [0, 0.1) is 12.7 Å². The van der Waals surface area contributed by atoms with E-state index >= 15 is 0 Å². The third-order valence-corrected chi connectivity index (χ3v) is 4.20. The second kappa shape index (κ2) is 5.50. The van der Waals surface area contributed by atoms with Crippen molar-refractivity contribution in [3.05, 3.63) is 53.8 Å². The standard InChI is InChI=1S/C14H14FNO3S/c1-10-7-8-11(9-12(10)15)16-20(17,18)14-6-4-3-5-13(14)19-2/h3-9,16H,1-2H3. The number of sulfonamides is 1. The lowest BCUT2D eigenvalue weighted by molar-refractivity contribution is 0.403. The molecule has 0 heterocycles. The summed E-state index contributed by atoms with van der Waals surface area (Å²) in [5, 5.41) is 0. The number of rotatable bonds is 4. The summed E-state index contributed by atoms with van der Waals surface area (Å²) in [7, 11) is -2.44. The number of hydrogen-bond donors (Lipinski definition) is 1. The Morgan fingerprint density at radius 2 is 1.85 bits per heavy atom. The lowest BCUT2D eigenvalue weighted by Crippen LogP contribution is -2.14. The molecule has 0 aromatic heterocycles. The van der Waals surface area contributed by atoms with Crippen LogP contribution in [0.4, 0.5) is 10.1 Å². The van der Waals surface area contributed by atoms with Crippen LogP contribution in [0.25, 0.3) is 0 Å². The van der Waals surface area contributed by atoms with Gasteiger partial charge < -0.3 is 4.74 Å². The van der Waals surface area contributed by atoms with Gasteiger partial charge in [-0.25, -0.2) is 12.8 Å². The third kappa shape index (κ3) is 2.91. The highest BCUT2D eigenvalue weighted by molar-refractivity contribution is 7.92. The Labute approximate surface area is 117 Å². The molecule has 1 N–H and O–H groups in total. The smallest absolute Gasteiger partial charge is 0.265 e. The molecule has 0 amide bonds. The largest absolute Gasteiger partial charge is 0.495 e. The molecular formula is C14H14FNO3S. The zero-order chi connectivity index (χ0) is 14.8. The summed E-state index contributed by atoms with van der Waals surface area (Å²) in [6.07, 6.45) is 0. The first-order valence-corrected chi connectivity index (χ1v) is 7.34. The molecule has 0 saturated heterocycles. The van der Waals surface area contributed by atoms with Crippen molar-refractivity contribution >= 4 is 15.7 Å². The number of aryl methyl sites for hydroxylation is 1. The van der Waals surface area contributed by atoms with E-state index in [1.54, 1.807) is 25.1 Å². The second-order valence-corrected chi connectivity index (χ2v) is 5.87. The lowest BCUT2D eigenvalue weighted by Gasteiger charge is -2.11. The van der Waals surface area contributed by atoms with Crippen molar-refractivity contribution in [1.29, 1.82) is 0 Å². The Morgan fingerprint density at radius 3 is 2.50 bits per heavy atom. The fourth-order valence-corrected chi connectivity index (χ4v) is 2.93. The fourth-order valence-electron chi connectivity index (χ4n) is 1.71. The minimum absolute atomic E-state index is 0.00323. The van der Waals surface area contributed by atoms with Gasteiger partial charge >= 0.3 is 0 Å². The molecule has 4 nitrogen and oxygen atoms in total. The molecule has 0 aliphatic carbocycles. The van der Waals surface area contributed by atoms with Crippen molar-refractivity contribution in [3.8, 4) is 5.75 Å². The number of nitrogens with one attached hydrogen (secondary N) is 1. The van der Waals surface area contributed by atoms with E-state index in [0.29, 0.717) is 5.56 Å². The van der Waals surface area contributed by atoms with Crippen molar-refractivity contribution in [2.45, 2.75) is 11.8 Å².